The van der Waals surface area contributed by atoms with E-state index >= 15 is 0 Å². The van der Waals surface area contributed by atoms with Crippen LogP contribution in [-0.2, 0) is 9.53 Å². The van der Waals surface area contributed by atoms with Gasteiger partial charge in [-0.3, -0.25) is 4.79 Å². The van der Waals surface area contributed by atoms with Crippen molar-refractivity contribution in [1.82, 2.24) is 0 Å². The van der Waals surface area contributed by atoms with Crippen molar-refractivity contribution in [3.63, 3.8) is 0 Å². The van der Waals surface area contributed by atoms with Crippen molar-refractivity contribution in [2.45, 2.75) is 245 Å². The molecule has 0 aromatic heterocycles. The molecule has 2 nitrogen and oxygen atoms in total. The van der Waals surface area contributed by atoms with E-state index in [1.54, 1.807) is 0 Å². The summed E-state index contributed by atoms with van der Waals surface area (Å²) in [7, 11) is 0. The second-order valence-electron chi connectivity index (χ2n) is 14.3. The minimum absolute atomic E-state index is 0.0195. The van der Waals surface area contributed by atoms with Crippen molar-refractivity contribution in [2.24, 2.45) is 0 Å². The van der Waals surface area contributed by atoms with Gasteiger partial charge in [-0.15, -0.1) is 0 Å². The minimum atomic E-state index is 0.0195. The van der Waals surface area contributed by atoms with E-state index in [2.05, 4.69) is 38.2 Å². The van der Waals surface area contributed by atoms with Gasteiger partial charge in [0.2, 0.25) is 0 Å². The Bertz CT molecular complexity index is 621. The number of unbranched alkanes of at least 4 members (excludes halogenated alkanes) is 31. The predicted molar refractivity (Wildman–Crippen MR) is 207 cm³/mol. The normalized spacial score (nSPS) is 11.8. The maximum Gasteiger partial charge on any atom is 0.305 e. The smallest absolute Gasteiger partial charge is 0.305 e. The van der Waals surface area contributed by atoms with Gasteiger partial charge < -0.3 is 4.74 Å². The van der Waals surface area contributed by atoms with Gasteiger partial charge in [-0.1, -0.05) is 218 Å². The molecule has 0 bridgehead atoms. The van der Waals surface area contributed by atoms with Crippen LogP contribution >= 0.6 is 0 Å². The van der Waals surface area contributed by atoms with Gasteiger partial charge in [-0.05, 0) is 44.9 Å². The summed E-state index contributed by atoms with van der Waals surface area (Å²) in [5, 5.41) is 0. The Labute approximate surface area is 290 Å². The molecule has 0 amide bonds. The summed E-state index contributed by atoms with van der Waals surface area (Å²) in [5.74, 6) is 0.0195. The van der Waals surface area contributed by atoms with Gasteiger partial charge in [0, 0.05) is 6.42 Å². The monoisotopic (exact) mass is 645 g/mol. The molecule has 0 radical (unpaired) electrons. The van der Waals surface area contributed by atoms with Gasteiger partial charge in [-0.25, -0.2) is 0 Å². The van der Waals surface area contributed by atoms with Gasteiger partial charge in [-0.2, -0.15) is 0 Å². The molecule has 46 heavy (non-hydrogen) atoms. The van der Waals surface area contributed by atoms with Crippen LogP contribution in [0.3, 0.4) is 0 Å². The number of rotatable bonds is 39. The lowest BCUT2D eigenvalue weighted by atomic mass is 10.0. The van der Waals surface area contributed by atoms with E-state index in [1.807, 2.05) is 0 Å². The summed E-state index contributed by atoms with van der Waals surface area (Å²) in [4.78, 5) is 12.0. The highest BCUT2D eigenvalue weighted by molar-refractivity contribution is 5.69. The van der Waals surface area contributed by atoms with Crippen molar-refractivity contribution < 1.29 is 9.53 Å². The Morgan fingerprint density at radius 1 is 0.370 bits per heavy atom. The third kappa shape index (κ3) is 41.0. The number of carbonyl (C=O) groups excluding carboxylic acids is 1. The molecule has 0 spiro atoms. The van der Waals surface area contributed by atoms with Crippen molar-refractivity contribution in [2.75, 3.05) is 6.61 Å². The lowest BCUT2D eigenvalue weighted by molar-refractivity contribution is -0.143. The van der Waals surface area contributed by atoms with Crippen molar-refractivity contribution in [3.8, 4) is 0 Å². The molecular formula is C44H84O2. The first kappa shape index (κ1) is 45.0. The van der Waals surface area contributed by atoms with Crippen molar-refractivity contribution in [3.05, 3.63) is 24.3 Å². The Hall–Kier alpha value is -1.05. The molecule has 0 heterocycles. The zero-order chi connectivity index (χ0) is 33.3. The van der Waals surface area contributed by atoms with Crippen LogP contribution in [-0.4, -0.2) is 12.6 Å². The van der Waals surface area contributed by atoms with Crippen LogP contribution < -0.4 is 0 Å². The Morgan fingerprint density at radius 3 is 1.09 bits per heavy atom. The molecule has 2 heteroatoms. The highest BCUT2D eigenvalue weighted by Crippen LogP contribution is 2.16. The topological polar surface area (TPSA) is 26.3 Å². The van der Waals surface area contributed by atoms with Crippen LogP contribution in [0.15, 0.2) is 24.3 Å². The molecule has 0 aliphatic carbocycles. The molecule has 0 atom stereocenters. The molecular weight excluding hydrogens is 560 g/mol. The summed E-state index contributed by atoms with van der Waals surface area (Å²) in [6.07, 6.45) is 57.0. The lowest BCUT2D eigenvalue weighted by Crippen LogP contribution is -2.05. The number of ether oxygens (including phenoxy) is 1. The van der Waals surface area contributed by atoms with Crippen molar-refractivity contribution >= 4 is 5.97 Å². The third-order valence-corrected chi connectivity index (χ3v) is 9.59. The number of hydrogen-bond donors (Lipinski definition) is 0. The van der Waals surface area contributed by atoms with Gasteiger partial charge in [0.05, 0.1) is 6.61 Å². The fourth-order valence-corrected chi connectivity index (χ4v) is 6.40. The maximum absolute atomic E-state index is 12.0. The van der Waals surface area contributed by atoms with E-state index in [1.165, 1.54) is 205 Å². The Balaban J connectivity index is 3.19. The summed E-state index contributed by atoms with van der Waals surface area (Å²) in [5.41, 5.74) is 0. The number of hydrogen-bond acceptors (Lipinski definition) is 2. The van der Waals surface area contributed by atoms with E-state index in [0.29, 0.717) is 13.0 Å². The van der Waals surface area contributed by atoms with Crippen LogP contribution in [0, 0.1) is 0 Å². The lowest BCUT2D eigenvalue weighted by Gasteiger charge is -2.05. The molecule has 0 aromatic carbocycles. The van der Waals surface area contributed by atoms with E-state index < -0.39 is 0 Å². The molecule has 0 aliphatic rings. The van der Waals surface area contributed by atoms with E-state index in [0.717, 1.165) is 19.3 Å². The molecule has 0 fully saturated rings. The fraction of sp³-hybridized carbons (Fsp3) is 0.886. The van der Waals surface area contributed by atoms with Gasteiger partial charge in [0.1, 0.15) is 0 Å². The molecule has 0 saturated carbocycles. The first-order valence-electron chi connectivity index (χ1n) is 21.3. The highest BCUT2D eigenvalue weighted by Gasteiger charge is 2.03. The fourth-order valence-electron chi connectivity index (χ4n) is 6.40. The number of esters is 1. The second kappa shape index (κ2) is 42.0. The highest BCUT2D eigenvalue weighted by atomic mass is 16.5. The average Bonchev–Trinajstić information content (AvgIpc) is 3.06. The van der Waals surface area contributed by atoms with Crippen LogP contribution in [0.2, 0.25) is 0 Å². The first-order valence-corrected chi connectivity index (χ1v) is 21.3. The van der Waals surface area contributed by atoms with Gasteiger partial charge >= 0.3 is 5.97 Å². The summed E-state index contributed by atoms with van der Waals surface area (Å²) in [6.45, 7) is 5.18. The van der Waals surface area contributed by atoms with Crippen LogP contribution in [0.25, 0.3) is 0 Å². The van der Waals surface area contributed by atoms with E-state index in [4.69, 9.17) is 4.74 Å². The zero-order valence-corrected chi connectivity index (χ0v) is 31.8. The number of carbonyl (C=O) groups is 1. The molecule has 0 unspecified atom stereocenters. The van der Waals surface area contributed by atoms with Crippen LogP contribution in [0.4, 0.5) is 0 Å². The van der Waals surface area contributed by atoms with Crippen LogP contribution in [0.1, 0.15) is 245 Å². The van der Waals surface area contributed by atoms with Crippen molar-refractivity contribution in [1.29, 1.82) is 0 Å². The van der Waals surface area contributed by atoms with E-state index in [9.17, 15) is 4.79 Å². The second-order valence-corrected chi connectivity index (χ2v) is 14.3. The standard InChI is InChI=1S/C44H84O2/c1-3-5-7-9-11-13-15-17-19-21-22-23-24-25-26-27-28-30-32-34-36-38-40-42-44(45)46-43-41-39-37-35-33-31-29-20-18-16-14-12-10-8-6-4-2/h12,14,18,20H,3-11,13,15-17,19,21-43H2,1-2H3/b14-12-,20-18-. The largest absolute Gasteiger partial charge is 0.466 e. The predicted octanol–water partition coefficient (Wildman–Crippen LogP) is 15.7. The molecule has 0 N–H and O–H groups in total. The SMILES string of the molecule is CCCCC/C=C\C/C=C\CCCCCCCCOC(=O)CCCCCCCCCCCCCCCCCCCCCCCCC. The summed E-state index contributed by atoms with van der Waals surface area (Å²) < 4.78 is 5.46. The van der Waals surface area contributed by atoms with Crippen LogP contribution in [0.5, 0.6) is 0 Å². The molecule has 0 saturated heterocycles. The maximum atomic E-state index is 12.0. The van der Waals surface area contributed by atoms with E-state index in [-0.39, 0.29) is 5.97 Å². The Morgan fingerprint density at radius 2 is 0.674 bits per heavy atom. The molecule has 0 rings (SSSR count). The Kier molecular flexibility index (Phi) is 41.0. The average molecular weight is 645 g/mol. The third-order valence-electron chi connectivity index (χ3n) is 9.59. The van der Waals surface area contributed by atoms with Gasteiger partial charge in [0.25, 0.3) is 0 Å². The quantitative estimate of drug-likeness (QED) is 0.0378. The first-order chi connectivity index (χ1) is 22.8. The summed E-state index contributed by atoms with van der Waals surface area (Å²) >= 11 is 0. The van der Waals surface area contributed by atoms with Gasteiger partial charge in [0.15, 0.2) is 0 Å². The zero-order valence-electron chi connectivity index (χ0n) is 31.8. The molecule has 272 valence electrons. The molecule has 0 aromatic rings. The summed E-state index contributed by atoms with van der Waals surface area (Å²) in [6, 6.07) is 0. The molecule has 0 aliphatic heterocycles. The number of allylic oxidation sites excluding steroid dienone is 4. The minimum Gasteiger partial charge on any atom is -0.466 e.